The Bertz CT molecular complexity index is 506. The van der Waals surface area contributed by atoms with Gasteiger partial charge in [0.2, 0.25) is 0 Å². The zero-order valence-corrected chi connectivity index (χ0v) is 11.3. The van der Waals surface area contributed by atoms with E-state index in [1.54, 1.807) is 6.92 Å². The Labute approximate surface area is 109 Å². The predicted molar refractivity (Wildman–Crippen MR) is 63.4 cm³/mol. The zero-order chi connectivity index (χ0) is 14.1. The van der Waals surface area contributed by atoms with E-state index in [1.807, 2.05) is 6.92 Å². The second-order valence-corrected chi connectivity index (χ2v) is 6.61. The highest BCUT2D eigenvalue weighted by Gasteiger charge is 2.46. The molecule has 2 unspecified atom stereocenters. The lowest BCUT2D eigenvalue weighted by atomic mass is 9.99. The normalized spacial score (nSPS) is 16.3. The fraction of sp³-hybridized carbons (Fsp3) is 0.455. The molecule has 0 amide bonds. The van der Waals surface area contributed by atoms with Gasteiger partial charge in [-0.25, -0.2) is 8.42 Å². The molecule has 2 atom stereocenters. The van der Waals surface area contributed by atoms with Crippen LogP contribution >= 0.6 is 11.6 Å². The molecule has 18 heavy (non-hydrogen) atoms. The Morgan fingerprint density at radius 1 is 1.11 bits per heavy atom. The lowest BCUT2D eigenvalue weighted by Gasteiger charge is -2.15. The molecule has 0 aliphatic heterocycles. The molecule has 7 heteroatoms. The van der Waals surface area contributed by atoms with Gasteiger partial charge in [0.15, 0.2) is 0 Å². The second-order valence-electron chi connectivity index (χ2n) is 3.98. The summed E-state index contributed by atoms with van der Waals surface area (Å²) in [5, 5.41) is -0.199. The summed E-state index contributed by atoms with van der Waals surface area (Å²) in [6.45, 7) is 3.57. The van der Waals surface area contributed by atoms with E-state index < -0.39 is 20.2 Å². The van der Waals surface area contributed by atoms with Crippen LogP contribution in [0.4, 0.5) is 13.2 Å². The molecule has 0 heterocycles. The molecule has 2 nitrogen and oxygen atoms in total. The molecular formula is C11H12ClF3O2S. The van der Waals surface area contributed by atoms with E-state index >= 15 is 0 Å². The summed E-state index contributed by atoms with van der Waals surface area (Å²) in [5.41, 5.74) is -4.58. The maximum Gasteiger partial charge on any atom is 0.501 e. The van der Waals surface area contributed by atoms with Gasteiger partial charge in [-0.3, -0.25) is 0 Å². The molecule has 0 aromatic heterocycles. The first kappa shape index (κ1) is 15.3. The summed E-state index contributed by atoms with van der Waals surface area (Å²) in [7, 11) is -5.27. The summed E-state index contributed by atoms with van der Waals surface area (Å²) in [6, 6.07) is 4.60. The molecule has 0 aliphatic carbocycles. The van der Waals surface area contributed by atoms with E-state index in [0.717, 1.165) is 12.1 Å². The first-order chi connectivity index (χ1) is 8.07. The van der Waals surface area contributed by atoms with Crippen molar-refractivity contribution < 1.29 is 21.6 Å². The van der Waals surface area contributed by atoms with E-state index in [9.17, 15) is 21.6 Å². The Morgan fingerprint density at radius 3 is 1.89 bits per heavy atom. The van der Waals surface area contributed by atoms with Crippen LogP contribution in [0.15, 0.2) is 29.2 Å². The van der Waals surface area contributed by atoms with Crippen LogP contribution in [0.3, 0.4) is 0 Å². The Morgan fingerprint density at radius 2 is 1.56 bits per heavy atom. The second kappa shape index (κ2) is 5.09. The van der Waals surface area contributed by atoms with E-state index in [-0.39, 0.29) is 11.3 Å². The maximum atomic E-state index is 12.3. The molecule has 0 fully saturated rings. The number of hydrogen-bond donors (Lipinski definition) is 0. The summed E-state index contributed by atoms with van der Waals surface area (Å²) in [6.07, 6.45) is 0. The van der Waals surface area contributed by atoms with Crippen molar-refractivity contribution in [3.05, 3.63) is 29.8 Å². The van der Waals surface area contributed by atoms with Gasteiger partial charge in [0, 0.05) is 5.38 Å². The molecule has 0 saturated carbocycles. The number of halogens is 4. The van der Waals surface area contributed by atoms with E-state index in [1.165, 1.54) is 12.1 Å². The van der Waals surface area contributed by atoms with Crippen LogP contribution in [-0.2, 0) is 9.84 Å². The van der Waals surface area contributed by atoms with Gasteiger partial charge < -0.3 is 0 Å². The van der Waals surface area contributed by atoms with Gasteiger partial charge in [-0.2, -0.15) is 13.2 Å². The molecular weight excluding hydrogens is 289 g/mol. The van der Waals surface area contributed by atoms with Gasteiger partial charge in [0.1, 0.15) is 0 Å². The van der Waals surface area contributed by atoms with Crippen LogP contribution < -0.4 is 0 Å². The quantitative estimate of drug-likeness (QED) is 0.798. The topological polar surface area (TPSA) is 34.1 Å². The molecule has 0 spiro atoms. The van der Waals surface area contributed by atoms with E-state index in [0.29, 0.717) is 5.56 Å². The van der Waals surface area contributed by atoms with Crippen molar-refractivity contribution in [3.63, 3.8) is 0 Å². The van der Waals surface area contributed by atoms with Gasteiger partial charge in [0.05, 0.1) is 4.90 Å². The Kier molecular flexibility index (Phi) is 4.33. The summed E-state index contributed by atoms with van der Waals surface area (Å²) < 4.78 is 59.1. The van der Waals surface area contributed by atoms with Gasteiger partial charge in [0.25, 0.3) is 9.84 Å². The van der Waals surface area contributed by atoms with Gasteiger partial charge in [-0.1, -0.05) is 19.1 Å². The fourth-order valence-electron chi connectivity index (χ4n) is 1.35. The third kappa shape index (κ3) is 2.98. The van der Waals surface area contributed by atoms with Crippen molar-refractivity contribution in [2.75, 3.05) is 0 Å². The summed E-state index contributed by atoms with van der Waals surface area (Å²) in [4.78, 5) is -0.756. The fourth-order valence-corrected chi connectivity index (χ4v) is 2.26. The van der Waals surface area contributed by atoms with Gasteiger partial charge >= 0.3 is 5.51 Å². The molecule has 0 N–H and O–H groups in total. The van der Waals surface area contributed by atoms with Crippen LogP contribution in [0.2, 0.25) is 0 Å². The average molecular weight is 301 g/mol. The summed E-state index contributed by atoms with van der Waals surface area (Å²) >= 11 is 5.87. The zero-order valence-electron chi connectivity index (χ0n) is 9.70. The molecule has 1 aromatic rings. The standard InChI is InChI=1S/C11H12ClF3O2S/c1-7(8(2)12)9-3-5-10(6-4-9)18(16,17)11(13,14)15/h3-8H,1-2H3. The number of benzene rings is 1. The minimum absolute atomic E-state index is 0.0747. The highest BCUT2D eigenvalue weighted by molar-refractivity contribution is 7.92. The van der Waals surface area contributed by atoms with Crippen molar-refractivity contribution in [1.29, 1.82) is 0 Å². The number of rotatable bonds is 3. The van der Waals surface area contributed by atoms with Crippen LogP contribution in [0.25, 0.3) is 0 Å². The van der Waals surface area contributed by atoms with Crippen LogP contribution in [-0.4, -0.2) is 19.3 Å². The van der Waals surface area contributed by atoms with Crippen molar-refractivity contribution >= 4 is 21.4 Å². The Balaban J connectivity index is 3.12. The highest BCUT2D eigenvalue weighted by Crippen LogP contribution is 2.31. The average Bonchev–Trinajstić information content (AvgIpc) is 2.26. The molecule has 102 valence electrons. The molecule has 0 aliphatic rings. The van der Waals surface area contributed by atoms with Crippen molar-refractivity contribution in [3.8, 4) is 0 Å². The Hall–Kier alpha value is -0.750. The maximum absolute atomic E-state index is 12.3. The third-order valence-electron chi connectivity index (χ3n) is 2.71. The van der Waals surface area contributed by atoms with Gasteiger partial charge in [-0.15, -0.1) is 11.6 Å². The lowest BCUT2D eigenvalue weighted by Crippen LogP contribution is -2.23. The van der Waals surface area contributed by atoms with E-state index in [4.69, 9.17) is 11.6 Å². The molecule has 1 rings (SSSR count). The first-order valence-electron chi connectivity index (χ1n) is 5.12. The molecule has 0 radical (unpaired) electrons. The van der Waals surface area contributed by atoms with Crippen LogP contribution in [0.5, 0.6) is 0 Å². The molecule has 0 bridgehead atoms. The smallest absolute Gasteiger partial charge is 0.214 e. The molecule has 1 aromatic carbocycles. The van der Waals surface area contributed by atoms with Crippen LogP contribution in [0.1, 0.15) is 25.3 Å². The molecule has 0 saturated heterocycles. The predicted octanol–water partition coefficient (Wildman–Crippen LogP) is 3.71. The minimum atomic E-state index is -5.28. The number of sulfone groups is 1. The minimum Gasteiger partial charge on any atom is -0.214 e. The summed E-state index contributed by atoms with van der Waals surface area (Å²) in [5.74, 6) is -0.0747. The highest BCUT2D eigenvalue weighted by atomic mass is 35.5. The number of hydrogen-bond acceptors (Lipinski definition) is 2. The van der Waals surface area contributed by atoms with Crippen molar-refractivity contribution in [1.82, 2.24) is 0 Å². The third-order valence-corrected chi connectivity index (χ3v) is 4.59. The first-order valence-corrected chi connectivity index (χ1v) is 7.04. The van der Waals surface area contributed by atoms with E-state index in [2.05, 4.69) is 0 Å². The monoisotopic (exact) mass is 300 g/mol. The number of alkyl halides is 4. The SMILES string of the molecule is CC(Cl)C(C)c1ccc(S(=O)(=O)C(F)(F)F)cc1. The van der Waals surface area contributed by atoms with Crippen molar-refractivity contribution in [2.45, 2.75) is 35.5 Å². The van der Waals surface area contributed by atoms with Gasteiger partial charge in [-0.05, 0) is 30.5 Å². The largest absolute Gasteiger partial charge is 0.501 e. The van der Waals surface area contributed by atoms with Crippen LogP contribution in [0, 0.1) is 0 Å². The van der Waals surface area contributed by atoms with Crippen molar-refractivity contribution in [2.24, 2.45) is 0 Å². The lowest BCUT2D eigenvalue weighted by molar-refractivity contribution is -0.0436.